The number of carbonyl (C=O) groups excluding carboxylic acids is 2. The normalized spacial score (nSPS) is 10.5. The zero-order chi connectivity index (χ0) is 15.6. The Morgan fingerprint density at radius 1 is 1.14 bits per heavy atom. The van der Waals surface area contributed by atoms with Crippen LogP contribution in [0.25, 0.3) is 0 Å². The van der Waals surface area contributed by atoms with Crippen molar-refractivity contribution >= 4 is 11.8 Å². The highest BCUT2D eigenvalue weighted by Crippen LogP contribution is 2.05. The van der Waals surface area contributed by atoms with Gasteiger partial charge in [-0.1, -0.05) is 0 Å². The summed E-state index contributed by atoms with van der Waals surface area (Å²) in [6, 6.07) is 5.43. The van der Waals surface area contributed by atoms with Crippen LogP contribution in [0.2, 0.25) is 0 Å². The molecule has 0 spiro atoms. The van der Waals surface area contributed by atoms with Crippen molar-refractivity contribution in [3.8, 4) is 0 Å². The molecule has 2 N–H and O–H groups in total. The number of amides is 2. The molecule has 112 valence electrons. The standard InChI is InChI=1S/C14H19N5O2/c1-9-7-11(3)19(17-9)8-13(20)15-16-14(21)12-6-5-10(2)18(12)4/h5-7H,8H2,1-4H3,(H,15,20)(H,16,21). The SMILES string of the molecule is Cc1cc(C)n(CC(=O)NNC(=O)c2ccc(C)n2C)n1. The number of hydrazine groups is 1. The predicted molar refractivity (Wildman–Crippen MR) is 77.5 cm³/mol. The van der Waals surface area contributed by atoms with E-state index in [9.17, 15) is 9.59 Å². The molecule has 2 heterocycles. The molecule has 0 aliphatic heterocycles. The van der Waals surface area contributed by atoms with Gasteiger partial charge in [-0.2, -0.15) is 5.10 Å². The summed E-state index contributed by atoms with van der Waals surface area (Å²) in [5.41, 5.74) is 7.99. The van der Waals surface area contributed by atoms with E-state index < -0.39 is 0 Å². The van der Waals surface area contributed by atoms with Crippen LogP contribution in [0.15, 0.2) is 18.2 Å². The van der Waals surface area contributed by atoms with Gasteiger partial charge in [-0.3, -0.25) is 25.1 Å². The van der Waals surface area contributed by atoms with Crippen molar-refractivity contribution in [1.82, 2.24) is 25.2 Å². The number of hydrogen-bond acceptors (Lipinski definition) is 3. The van der Waals surface area contributed by atoms with Crippen LogP contribution in [-0.4, -0.2) is 26.2 Å². The van der Waals surface area contributed by atoms with Gasteiger partial charge in [0.15, 0.2) is 0 Å². The average Bonchev–Trinajstić information content (AvgIpc) is 2.91. The maximum atomic E-state index is 11.9. The zero-order valence-corrected chi connectivity index (χ0v) is 12.6. The monoisotopic (exact) mass is 289 g/mol. The van der Waals surface area contributed by atoms with Crippen LogP contribution in [0.4, 0.5) is 0 Å². The lowest BCUT2D eigenvalue weighted by atomic mass is 10.4. The Morgan fingerprint density at radius 2 is 1.86 bits per heavy atom. The van der Waals surface area contributed by atoms with E-state index in [1.165, 1.54) is 0 Å². The van der Waals surface area contributed by atoms with Gasteiger partial charge in [0.25, 0.3) is 11.8 Å². The average molecular weight is 289 g/mol. The van der Waals surface area contributed by atoms with Gasteiger partial charge in [0.1, 0.15) is 12.2 Å². The van der Waals surface area contributed by atoms with Crippen LogP contribution in [0.3, 0.4) is 0 Å². The number of nitrogens with zero attached hydrogens (tertiary/aromatic N) is 3. The Hall–Kier alpha value is -2.57. The maximum absolute atomic E-state index is 11.9. The van der Waals surface area contributed by atoms with Crippen molar-refractivity contribution < 1.29 is 9.59 Å². The van der Waals surface area contributed by atoms with Crippen molar-refractivity contribution in [3.63, 3.8) is 0 Å². The minimum atomic E-state index is -0.354. The van der Waals surface area contributed by atoms with Crippen molar-refractivity contribution in [2.45, 2.75) is 27.3 Å². The fraction of sp³-hybridized carbons (Fsp3) is 0.357. The summed E-state index contributed by atoms with van der Waals surface area (Å²) in [6.45, 7) is 5.70. The van der Waals surface area contributed by atoms with E-state index >= 15 is 0 Å². The molecule has 0 aliphatic carbocycles. The molecule has 0 saturated carbocycles. The first-order valence-corrected chi connectivity index (χ1v) is 6.61. The van der Waals surface area contributed by atoms with Crippen LogP contribution in [0.1, 0.15) is 27.6 Å². The number of aromatic nitrogens is 3. The second-order valence-corrected chi connectivity index (χ2v) is 5.01. The third kappa shape index (κ3) is 3.31. The molecule has 2 rings (SSSR count). The van der Waals surface area contributed by atoms with E-state index in [2.05, 4.69) is 16.0 Å². The molecule has 0 atom stereocenters. The quantitative estimate of drug-likeness (QED) is 0.812. The van der Waals surface area contributed by atoms with Gasteiger partial charge in [-0.05, 0) is 39.0 Å². The summed E-state index contributed by atoms with van der Waals surface area (Å²) < 4.78 is 3.34. The van der Waals surface area contributed by atoms with Gasteiger partial charge in [-0.15, -0.1) is 0 Å². The van der Waals surface area contributed by atoms with Gasteiger partial charge in [0.05, 0.1) is 5.69 Å². The second-order valence-electron chi connectivity index (χ2n) is 5.01. The van der Waals surface area contributed by atoms with Crippen LogP contribution in [0.5, 0.6) is 0 Å². The summed E-state index contributed by atoms with van der Waals surface area (Å²) in [4.78, 5) is 23.7. The fourth-order valence-corrected chi connectivity index (χ4v) is 2.04. The van der Waals surface area contributed by atoms with Crippen LogP contribution in [0, 0.1) is 20.8 Å². The van der Waals surface area contributed by atoms with Crippen LogP contribution >= 0.6 is 0 Å². The van der Waals surface area contributed by atoms with Crippen molar-refractivity contribution in [1.29, 1.82) is 0 Å². The first kappa shape index (κ1) is 14.8. The molecule has 0 fully saturated rings. The summed E-state index contributed by atoms with van der Waals surface area (Å²) >= 11 is 0. The third-order valence-electron chi connectivity index (χ3n) is 3.32. The Balaban J connectivity index is 1.91. The summed E-state index contributed by atoms with van der Waals surface area (Å²) in [7, 11) is 1.79. The minimum absolute atomic E-state index is 0.0616. The molecule has 2 amide bonds. The number of nitrogens with one attached hydrogen (secondary N) is 2. The molecule has 7 nitrogen and oxygen atoms in total. The zero-order valence-electron chi connectivity index (χ0n) is 12.6. The Kier molecular flexibility index (Phi) is 4.11. The lowest BCUT2D eigenvalue weighted by molar-refractivity contribution is -0.122. The van der Waals surface area contributed by atoms with E-state index in [1.807, 2.05) is 32.9 Å². The molecule has 2 aromatic rings. The van der Waals surface area contributed by atoms with Gasteiger partial charge in [0.2, 0.25) is 0 Å². The Morgan fingerprint density at radius 3 is 2.38 bits per heavy atom. The smallest absolute Gasteiger partial charge is 0.286 e. The van der Waals surface area contributed by atoms with Crippen molar-refractivity contribution in [2.24, 2.45) is 7.05 Å². The summed E-state index contributed by atoms with van der Waals surface area (Å²) in [6.07, 6.45) is 0. The number of hydrogen-bond donors (Lipinski definition) is 2. The third-order valence-corrected chi connectivity index (χ3v) is 3.32. The molecule has 0 aromatic carbocycles. The molecule has 21 heavy (non-hydrogen) atoms. The number of rotatable bonds is 3. The number of carbonyl (C=O) groups is 2. The molecule has 7 heteroatoms. The second kappa shape index (κ2) is 5.82. The molecule has 0 bridgehead atoms. The van der Waals surface area contributed by atoms with Crippen LogP contribution < -0.4 is 10.9 Å². The Bertz CT molecular complexity index is 684. The van der Waals surface area contributed by atoms with E-state index in [0.29, 0.717) is 5.69 Å². The van der Waals surface area contributed by atoms with Gasteiger partial charge >= 0.3 is 0 Å². The number of aryl methyl sites for hydroxylation is 3. The highest BCUT2D eigenvalue weighted by atomic mass is 16.2. The molecule has 0 radical (unpaired) electrons. The predicted octanol–water partition coefficient (Wildman–Crippen LogP) is 0.608. The highest BCUT2D eigenvalue weighted by Gasteiger charge is 2.12. The van der Waals surface area contributed by atoms with Gasteiger partial charge in [-0.25, -0.2) is 0 Å². The highest BCUT2D eigenvalue weighted by molar-refractivity contribution is 5.94. The lowest BCUT2D eigenvalue weighted by Gasteiger charge is -2.09. The van der Waals surface area contributed by atoms with E-state index in [-0.39, 0.29) is 18.4 Å². The van der Waals surface area contributed by atoms with E-state index in [1.54, 1.807) is 22.4 Å². The van der Waals surface area contributed by atoms with Crippen LogP contribution in [-0.2, 0) is 18.4 Å². The molecule has 0 saturated heterocycles. The first-order valence-electron chi connectivity index (χ1n) is 6.61. The molecule has 2 aromatic heterocycles. The fourth-order valence-electron chi connectivity index (χ4n) is 2.04. The molecular weight excluding hydrogens is 270 g/mol. The molecule has 0 unspecified atom stereocenters. The van der Waals surface area contributed by atoms with Crippen molar-refractivity contribution in [2.75, 3.05) is 0 Å². The largest absolute Gasteiger partial charge is 0.344 e. The Labute approximate surface area is 122 Å². The topological polar surface area (TPSA) is 81.0 Å². The van der Waals surface area contributed by atoms with Crippen molar-refractivity contribution in [3.05, 3.63) is 41.0 Å². The maximum Gasteiger partial charge on any atom is 0.286 e. The van der Waals surface area contributed by atoms with E-state index in [4.69, 9.17) is 0 Å². The van der Waals surface area contributed by atoms with Gasteiger partial charge < -0.3 is 4.57 Å². The lowest BCUT2D eigenvalue weighted by Crippen LogP contribution is -2.43. The van der Waals surface area contributed by atoms with E-state index in [0.717, 1.165) is 17.1 Å². The van der Waals surface area contributed by atoms with Gasteiger partial charge in [0, 0.05) is 18.4 Å². The minimum Gasteiger partial charge on any atom is -0.344 e. The molecular formula is C14H19N5O2. The summed E-state index contributed by atoms with van der Waals surface area (Å²) in [5, 5.41) is 4.19. The molecule has 0 aliphatic rings. The summed E-state index contributed by atoms with van der Waals surface area (Å²) in [5.74, 6) is -0.687. The first-order chi connectivity index (χ1) is 9.88.